The van der Waals surface area contributed by atoms with Crippen LogP contribution in [0.15, 0.2) is 54.0 Å². The molecule has 0 aliphatic carbocycles. The summed E-state index contributed by atoms with van der Waals surface area (Å²) in [4.78, 5) is 45.6. The maximum absolute atomic E-state index is 15.0. The molecule has 2 amide bonds. The van der Waals surface area contributed by atoms with Gasteiger partial charge in [0.05, 0.1) is 32.4 Å². The SMILES string of the molecule is [2H]C([2H])(Oc1ccccc1C1(C#N)CCN(C(=O)[C@]2(Oc3csc(C(F)(F)F)c3)CCCN(C(=O)c3ncccc3C(F)(F)F)[C@@H]2CCC)CC1)C([2H])([2H])C([2H])([2H])C(=O)O. The van der Waals surface area contributed by atoms with Crippen molar-refractivity contribution in [1.82, 2.24) is 14.8 Å². The number of carboxylic acid groups (broad SMARTS) is 1. The first kappa shape index (κ1) is 32.6. The van der Waals surface area contributed by atoms with E-state index in [0.29, 0.717) is 12.1 Å². The lowest BCUT2D eigenvalue weighted by Gasteiger charge is -2.51. The Labute approximate surface area is 319 Å². The maximum Gasteiger partial charge on any atom is 0.425 e. The molecule has 54 heavy (non-hydrogen) atoms. The third-order valence-electron chi connectivity index (χ3n) is 9.42. The predicted molar refractivity (Wildman–Crippen MR) is 183 cm³/mol. The van der Waals surface area contributed by atoms with Crippen LogP contribution in [0.2, 0.25) is 0 Å². The van der Waals surface area contributed by atoms with Crippen LogP contribution in [0.4, 0.5) is 26.3 Å². The fourth-order valence-corrected chi connectivity index (χ4v) is 7.66. The molecule has 0 radical (unpaired) electrons. The minimum absolute atomic E-state index is 0.00629. The molecule has 3 aromatic rings. The first-order valence-electron chi connectivity index (χ1n) is 19.7. The van der Waals surface area contributed by atoms with Gasteiger partial charge in [-0.2, -0.15) is 31.6 Å². The third kappa shape index (κ3) is 8.43. The second-order valence-electron chi connectivity index (χ2n) is 12.7. The minimum atomic E-state index is -4.99. The Morgan fingerprint density at radius 3 is 2.43 bits per heavy atom. The Morgan fingerprint density at radius 2 is 1.80 bits per heavy atom. The Kier molecular flexibility index (Phi) is 9.80. The van der Waals surface area contributed by atoms with Crippen molar-refractivity contribution in [2.75, 3.05) is 26.2 Å². The number of ether oxygens (including phenoxy) is 2. The molecule has 2 aliphatic rings. The van der Waals surface area contributed by atoms with Gasteiger partial charge in [-0.1, -0.05) is 31.5 Å². The second kappa shape index (κ2) is 16.3. The molecule has 2 saturated heterocycles. The average Bonchev–Trinajstić information content (AvgIpc) is 3.67. The van der Waals surface area contributed by atoms with Crippen LogP contribution in [0.5, 0.6) is 11.5 Å². The van der Waals surface area contributed by atoms with Crippen molar-refractivity contribution >= 4 is 29.1 Å². The molecule has 2 aliphatic heterocycles. The summed E-state index contributed by atoms with van der Waals surface area (Å²) >= 11 is 0.285. The third-order valence-corrected chi connectivity index (χ3v) is 10.4. The van der Waals surface area contributed by atoms with E-state index in [4.69, 9.17) is 17.7 Å². The topological polar surface area (TPSA) is 133 Å². The molecule has 0 bridgehead atoms. The van der Waals surface area contributed by atoms with Gasteiger partial charge in [-0.25, -0.2) is 0 Å². The number of carboxylic acids is 1. The fraction of sp³-hybridized carbons (Fsp3) is 0.486. The van der Waals surface area contributed by atoms with Crippen LogP contribution in [-0.4, -0.2) is 75.5 Å². The number of benzene rings is 1. The first-order valence-corrected chi connectivity index (χ1v) is 17.6. The van der Waals surface area contributed by atoms with Crippen LogP contribution in [0.3, 0.4) is 0 Å². The second-order valence-corrected chi connectivity index (χ2v) is 13.6. The number of thiophene rings is 1. The molecular weight excluding hydrogens is 742 g/mol. The van der Waals surface area contributed by atoms with Gasteiger partial charge in [-0.15, -0.1) is 11.3 Å². The van der Waals surface area contributed by atoms with E-state index < -0.39 is 88.4 Å². The van der Waals surface area contributed by atoms with Crippen molar-refractivity contribution in [3.05, 3.63) is 75.7 Å². The lowest BCUT2D eigenvalue weighted by Crippen LogP contribution is -2.68. The number of hydrogen-bond donors (Lipinski definition) is 1. The van der Waals surface area contributed by atoms with E-state index >= 15 is 4.79 Å². The molecule has 0 saturated carbocycles. The number of piperidine rings is 2. The number of hydrogen-bond acceptors (Lipinski definition) is 8. The van der Waals surface area contributed by atoms with Crippen molar-refractivity contribution in [3.8, 4) is 17.6 Å². The maximum atomic E-state index is 15.0. The molecule has 10 nitrogen and oxygen atoms in total. The van der Waals surface area contributed by atoms with Gasteiger partial charge in [0.2, 0.25) is 5.60 Å². The number of amides is 2. The summed E-state index contributed by atoms with van der Waals surface area (Å²) in [6.07, 6.45) is -16.8. The summed E-state index contributed by atoms with van der Waals surface area (Å²) in [5.41, 5.74) is -6.03. The molecule has 1 N–H and O–H groups in total. The van der Waals surface area contributed by atoms with Gasteiger partial charge in [0.1, 0.15) is 22.1 Å². The van der Waals surface area contributed by atoms with Gasteiger partial charge < -0.3 is 24.4 Å². The quantitative estimate of drug-likeness (QED) is 0.185. The number of aromatic nitrogens is 1. The average molecular weight is 787 g/mol. The van der Waals surface area contributed by atoms with Gasteiger partial charge in [-0.05, 0) is 50.3 Å². The Hall–Kier alpha value is -4.85. The first-order chi connectivity index (χ1) is 27.8. The summed E-state index contributed by atoms with van der Waals surface area (Å²) in [5.74, 6) is -5.10. The zero-order valence-electron chi connectivity index (χ0n) is 34.6. The summed E-state index contributed by atoms with van der Waals surface area (Å²) < 4.78 is 143. The number of alkyl halides is 6. The summed E-state index contributed by atoms with van der Waals surface area (Å²) in [5, 5.41) is 20.9. The van der Waals surface area contributed by atoms with Crippen LogP contribution in [0.25, 0.3) is 0 Å². The lowest BCUT2D eigenvalue weighted by atomic mass is 9.72. The normalized spacial score (nSPS) is 22.7. The number of rotatable bonds is 12. The Balaban J connectivity index is 1.53. The largest absolute Gasteiger partial charge is 0.493 e. The van der Waals surface area contributed by atoms with Gasteiger partial charge in [0.15, 0.2) is 0 Å². The number of nitriles is 1. The molecule has 1 aromatic carbocycles. The van der Waals surface area contributed by atoms with E-state index in [2.05, 4.69) is 11.1 Å². The van der Waals surface area contributed by atoms with Crippen molar-refractivity contribution in [2.45, 2.75) is 87.6 Å². The molecule has 290 valence electrons. The highest BCUT2D eigenvalue weighted by molar-refractivity contribution is 7.10. The summed E-state index contributed by atoms with van der Waals surface area (Å²) in [6.45, 7) is -2.62. The smallest absolute Gasteiger partial charge is 0.425 e. The molecular formula is C37H38F6N4O6S. The van der Waals surface area contributed by atoms with Crippen molar-refractivity contribution < 1.29 is 63.5 Å². The number of pyridine rings is 1. The number of carbonyl (C=O) groups is 3. The predicted octanol–water partition coefficient (Wildman–Crippen LogP) is 7.73. The highest BCUT2D eigenvalue weighted by Gasteiger charge is 2.57. The van der Waals surface area contributed by atoms with E-state index in [1.54, 1.807) is 6.92 Å². The number of halogens is 6. The molecule has 17 heteroatoms. The minimum Gasteiger partial charge on any atom is -0.493 e. The monoisotopic (exact) mass is 786 g/mol. The zero-order chi connectivity index (χ0) is 44.7. The Bertz CT molecular complexity index is 2140. The molecule has 4 heterocycles. The van der Waals surface area contributed by atoms with E-state index in [1.165, 1.54) is 29.2 Å². The molecule has 2 fully saturated rings. The van der Waals surface area contributed by atoms with Crippen molar-refractivity contribution in [1.29, 1.82) is 5.26 Å². The van der Waals surface area contributed by atoms with Crippen molar-refractivity contribution in [3.63, 3.8) is 0 Å². The molecule has 0 unspecified atom stereocenters. The number of para-hydroxylation sites is 1. The fourth-order valence-electron chi connectivity index (χ4n) is 6.99. The van der Waals surface area contributed by atoms with Crippen LogP contribution in [0.1, 0.15) is 92.9 Å². The number of nitrogens with zero attached hydrogens (tertiary/aromatic N) is 4. The van der Waals surface area contributed by atoms with Crippen LogP contribution < -0.4 is 9.47 Å². The standard InChI is InChI=1S/C37H38F6N4O6S/c1-2-8-28-35(53-24-21-29(54-22-24)37(41,42)43,13-7-17-47(28)32(50)31-26(36(38,39)40)10-5-16-45-31)33(51)46-18-14-34(23-44,15-19-46)25-9-3-4-11-27(25)52-20-6-12-30(48)49/h3-5,9-11,16,21-22,28H,2,6-8,12-15,17-20H2,1H3,(H,48,49)/t28-,35+/m1/s1/i6D2,12D2,20D2. The molecule has 2 atom stereocenters. The lowest BCUT2D eigenvalue weighted by molar-refractivity contribution is -0.160. The van der Waals surface area contributed by atoms with E-state index in [0.717, 1.165) is 22.5 Å². The van der Waals surface area contributed by atoms with Gasteiger partial charge in [-0.3, -0.25) is 19.4 Å². The zero-order valence-corrected chi connectivity index (χ0v) is 29.4. The molecule has 0 spiro atoms. The van der Waals surface area contributed by atoms with Crippen LogP contribution >= 0.6 is 11.3 Å². The van der Waals surface area contributed by atoms with E-state index in [1.807, 2.05) is 0 Å². The van der Waals surface area contributed by atoms with Gasteiger partial charge in [0.25, 0.3) is 11.8 Å². The van der Waals surface area contributed by atoms with Crippen molar-refractivity contribution in [2.24, 2.45) is 0 Å². The van der Waals surface area contributed by atoms with Crippen LogP contribution in [0, 0.1) is 11.3 Å². The highest BCUT2D eigenvalue weighted by Crippen LogP contribution is 2.45. The van der Waals surface area contributed by atoms with Crippen LogP contribution in [-0.2, 0) is 27.4 Å². The van der Waals surface area contributed by atoms with E-state index in [9.17, 15) is 46.3 Å². The number of aliphatic carboxylic acids is 1. The number of likely N-dealkylation sites (tertiary alicyclic amines) is 2. The highest BCUT2D eigenvalue weighted by atomic mass is 32.1. The Morgan fingerprint density at radius 1 is 1.07 bits per heavy atom. The van der Waals surface area contributed by atoms with Gasteiger partial charge in [0, 0.05) is 61.1 Å². The van der Waals surface area contributed by atoms with Gasteiger partial charge >= 0.3 is 18.3 Å². The summed E-state index contributed by atoms with van der Waals surface area (Å²) in [7, 11) is 0. The molecule has 5 rings (SSSR count). The number of carbonyl (C=O) groups excluding carboxylic acids is 2. The summed E-state index contributed by atoms with van der Waals surface area (Å²) in [6, 6.07) is 8.52. The molecule has 2 aromatic heterocycles. The van der Waals surface area contributed by atoms with E-state index in [-0.39, 0.29) is 80.8 Å².